The third-order valence-corrected chi connectivity index (χ3v) is 3.90. The fourth-order valence-corrected chi connectivity index (χ4v) is 2.51. The van der Waals surface area contributed by atoms with Crippen LogP contribution in [-0.2, 0) is 0 Å². The minimum absolute atomic E-state index is 0.160. The van der Waals surface area contributed by atoms with Gasteiger partial charge in [0.1, 0.15) is 11.6 Å². The number of aromatic amines is 1. The number of hydrogen-bond donors (Lipinski definition) is 2. The summed E-state index contributed by atoms with van der Waals surface area (Å²) in [5, 5.41) is 9.74. The normalized spacial score (nSPS) is 11.8. The van der Waals surface area contributed by atoms with E-state index >= 15 is 0 Å². The van der Waals surface area contributed by atoms with E-state index < -0.39 is 0 Å². The molecule has 3 rings (SSSR count). The molecule has 2 aromatic carbocycles. The second-order valence-corrected chi connectivity index (χ2v) is 5.78. The molecule has 1 amide bonds. The first-order chi connectivity index (χ1) is 12.1. The van der Waals surface area contributed by atoms with Gasteiger partial charge in [-0.25, -0.2) is 4.98 Å². The number of hydrogen-bond acceptors (Lipinski definition) is 4. The summed E-state index contributed by atoms with van der Waals surface area (Å²) < 4.78 is 5.25. The van der Waals surface area contributed by atoms with Crippen LogP contribution in [0.4, 0.5) is 0 Å². The molecule has 3 aromatic rings. The zero-order valence-electron chi connectivity index (χ0n) is 14.4. The van der Waals surface area contributed by atoms with Crippen LogP contribution < -0.4 is 10.1 Å². The fraction of sp³-hybridized carbons (Fsp3) is 0.211. The van der Waals surface area contributed by atoms with Crippen molar-refractivity contribution in [3.63, 3.8) is 0 Å². The highest BCUT2D eigenvalue weighted by Gasteiger charge is 2.15. The number of H-pyrrole nitrogens is 1. The van der Waals surface area contributed by atoms with Gasteiger partial charge in [-0.3, -0.25) is 9.89 Å². The number of benzene rings is 2. The number of ether oxygens (including phenoxy) is 1. The second kappa shape index (κ2) is 7.17. The van der Waals surface area contributed by atoms with Gasteiger partial charge in [0.2, 0.25) is 0 Å². The number of amides is 1. The third kappa shape index (κ3) is 3.85. The number of rotatable bonds is 5. The molecular formula is C19H20N4O2. The standard InChI is InChI=1S/C19H20N4O2/c1-12(18-21-13(2)22-23-18)20-19(24)15-9-7-14(8-10-15)16-5-4-6-17(11-16)25-3/h4-12H,1-3H3,(H,20,24)(H,21,22,23). The average molecular weight is 336 g/mol. The van der Waals surface area contributed by atoms with Crippen molar-refractivity contribution in [2.45, 2.75) is 19.9 Å². The SMILES string of the molecule is COc1cccc(-c2ccc(C(=O)NC(C)c3n[nH]c(C)n3)cc2)c1. The monoisotopic (exact) mass is 336 g/mol. The Kier molecular flexibility index (Phi) is 4.79. The smallest absolute Gasteiger partial charge is 0.251 e. The highest BCUT2D eigenvalue weighted by molar-refractivity contribution is 5.94. The molecule has 1 heterocycles. The molecule has 1 aromatic heterocycles. The van der Waals surface area contributed by atoms with Crippen molar-refractivity contribution in [1.82, 2.24) is 20.5 Å². The molecule has 6 nitrogen and oxygen atoms in total. The molecule has 6 heteroatoms. The molecule has 1 unspecified atom stereocenters. The molecule has 0 aliphatic heterocycles. The van der Waals surface area contributed by atoms with Gasteiger partial charge >= 0.3 is 0 Å². The maximum absolute atomic E-state index is 12.4. The molecule has 128 valence electrons. The van der Waals surface area contributed by atoms with Crippen LogP contribution in [-0.4, -0.2) is 28.2 Å². The van der Waals surface area contributed by atoms with E-state index in [4.69, 9.17) is 4.74 Å². The minimum Gasteiger partial charge on any atom is -0.497 e. The maximum Gasteiger partial charge on any atom is 0.251 e. The van der Waals surface area contributed by atoms with Gasteiger partial charge in [0.15, 0.2) is 5.82 Å². The zero-order valence-corrected chi connectivity index (χ0v) is 14.4. The Morgan fingerprint density at radius 1 is 1.16 bits per heavy atom. The van der Waals surface area contributed by atoms with E-state index in [1.165, 1.54) is 0 Å². The molecule has 0 saturated carbocycles. The summed E-state index contributed by atoms with van der Waals surface area (Å²) in [4.78, 5) is 16.6. The molecule has 0 saturated heterocycles. The summed E-state index contributed by atoms with van der Waals surface area (Å²) in [5.41, 5.74) is 2.65. The highest BCUT2D eigenvalue weighted by atomic mass is 16.5. The molecule has 1 atom stereocenters. The first-order valence-corrected chi connectivity index (χ1v) is 8.01. The topological polar surface area (TPSA) is 79.9 Å². The van der Waals surface area contributed by atoms with Crippen LogP contribution in [0.1, 0.15) is 35.0 Å². The number of nitrogens with one attached hydrogen (secondary N) is 2. The summed E-state index contributed by atoms with van der Waals surface area (Å²) in [6, 6.07) is 15.0. The van der Waals surface area contributed by atoms with Crippen molar-refractivity contribution in [3.8, 4) is 16.9 Å². The average Bonchev–Trinajstić information content (AvgIpc) is 3.08. The summed E-state index contributed by atoms with van der Waals surface area (Å²) in [6.45, 7) is 3.67. The van der Waals surface area contributed by atoms with Crippen molar-refractivity contribution in [1.29, 1.82) is 0 Å². The summed E-state index contributed by atoms with van der Waals surface area (Å²) in [5.74, 6) is 1.93. The van der Waals surface area contributed by atoms with E-state index in [-0.39, 0.29) is 11.9 Å². The number of aromatic nitrogens is 3. The van der Waals surface area contributed by atoms with Crippen molar-refractivity contribution in [2.24, 2.45) is 0 Å². The lowest BCUT2D eigenvalue weighted by Gasteiger charge is -2.11. The number of carbonyl (C=O) groups is 1. The Balaban J connectivity index is 1.72. The van der Waals surface area contributed by atoms with Crippen LogP contribution in [0.5, 0.6) is 5.75 Å². The van der Waals surface area contributed by atoms with Gasteiger partial charge in [-0.2, -0.15) is 5.10 Å². The lowest BCUT2D eigenvalue weighted by molar-refractivity contribution is 0.0938. The molecule has 0 aliphatic carbocycles. The number of carbonyl (C=O) groups excluding carboxylic acids is 1. The van der Waals surface area contributed by atoms with Crippen LogP contribution in [0.3, 0.4) is 0 Å². The minimum atomic E-state index is -0.268. The van der Waals surface area contributed by atoms with Crippen LogP contribution in [0.2, 0.25) is 0 Å². The number of methoxy groups -OCH3 is 1. The van der Waals surface area contributed by atoms with E-state index in [1.54, 1.807) is 19.2 Å². The lowest BCUT2D eigenvalue weighted by atomic mass is 10.0. The van der Waals surface area contributed by atoms with Gasteiger partial charge in [-0.15, -0.1) is 0 Å². The second-order valence-electron chi connectivity index (χ2n) is 5.78. The Morgan fingerprint density at radius 3 is 2.56 bits per heavy atom. The van der Waals surface area contributed by atoms with Gasteiger partial charge in [0, 0.05) is 5.56 Å². The van der Waals surface area contributed by atoms with Gasteiger partial charge in [-0.05, 0) is 49.2 Å². The van der Waals surface area contributed by atoms with E-state index in [9.17, 15) is 4.79 Å². The lowest BCUT2D eigenvalue weighted by Crippen LogP contribution is -2.27. The molecule has 0 fully saturated rings. The van der Waals surface area contributed by atoms with Crippen molar-refractivity contribution in [2.75, 3.05) is 7.11 Å². The predicted molar refractivity (Wildman–Crippen MR) is 95.4 cm³/mol. The molecule has 0 radical (unpaired) electrons. The molecular weight excluding hydrogens is 316 g/mol. The van der Waals surface area contributed by atoms with Crippen LogP contribution in [0, 0.1) is 6.92 Å². The molecule has 0 aliphatic rings. The fourth-order valence-electron chi connectivity index (χ4n) is 2.51. The van der Waals surface area contributed by atoms with Crippen molar-refractivity contribution in [3.05, 3.63) is 65.7 Å². The van der Waals surface area contributed by atoms with Crippen molar-refractivity contribution < 1.29 is 9.53 Å². The van der Waals surface area contributed by atoms with Crippen molar-refractivity contribution >= 4 is 5.91 Å². The van der Waals surface area contributed by atoms with E-state index in [0.717, 1.165) is 22.7 Å². The van der Waals surface area contributed by atoms with Gasteiger partial charge in [-0.1, -0.05) is 24.3 Å². The van der Waals surface area contributed by atoms with Crippen LogP contribution in [0.15, 0.2) is 48.5 Å². The number of aryl methyl sites for hydroxylation is 1. The molecule has 0 spiro atoms. The van der Waals surface area contributed by atoms with Gasteiger partial charge in [0.05, 0.1) is 13.2 Å². The summed E-state index contributed by atoms with van der Waals surface area (Å²) >= 11 is 0. The first kappa shape index (κ1) is 16.7. The Hall–Kier alpha value is -3.15. The Bertz CT molecular complexity index is 871. The molecule has 0 bridgehead atoms. The first-order valence-electron chi connectivity index (χ1n) is 8.01. The summed E-state index contributed by atoms with van der Waals surface area (Å²) in [6.07, 6.45) is 0. The largest absolute Gasteiger partial charge is 0.497 e. The highest BCUT2D eigenvalue weighted by Crippen LogP contribution is 2.24. The van der Waals surface area contributed by atoms with Crippen LogP contribution >= 0.6 is 0 Å². The molecule has 2 N–H and O–H groups in total. The number of nitrogens with zero attached hydrogens (tertiary/aromatic N) is 2. The predicted octanol–water partition coefficient (Wildman–Crippen LogP) is 3.28. The maximum atomic E-state index is 12.4. The summed E-state index contributed by atoms with van der Waals surface area (Å²) in [7, 11) is 1.64. The van der Waals surface area contributed by atoms with E-state index in [2.05, 4.69) is 20.5 Å². The van der Waals surface area contributed by atoms with E-state index in [0.29, 0.717) is 11.4 Å². The third-order valence-electron chi connectivity index (χ3n) is 3.90. The Morgan fingerprint density at radius 2 is 1.92 bits per heavy atom. The zero-order chi connectivity index (χ0) is 17.8. The van der Waals surface area contributed by atoms with Crippen LogP contribution in [0.25, 0.3) is 11.1 Å². The quantitative estimate of drug-likeness (QED) is 0.749. The molecule has 25 heavy (non-hydrogen) atoms. The van der Waals surface area contributed by atoms with Gasteiger partial charge < -0.3 is 10.1 Å². The van der Waals surface area contributed by atoms with Gasteiger partial charge in [0.25, 0.3) is 5.91 Å². The van der Waals surface area contributed by atoms with E-state index in [1.807, 2.05) is 50.2 Å². The Labute approximate surface area is 146 Å².